The first kappa shape index (κ1) is 8.11. The van der Waals surface area contributed by atoms with Crippen LogP contribution in [0.15, 0.2) is 12.5 Å². The van der Waals surface area contributed by atoms with Crippen LogP contribution >= 0.6 is 0 Å². The van der Waals surface area contributed by atoms with Crippen molar-refractivity contribution in [3.8, 4) is 0 Å². The molecule has 0 unspecified atom stereocenters. The Labute approximate surface area is 75.0 Å². The Morgan fingerprint density at radius 1 is 1.38 bits per heavy atom. The molecule has 0 aromatic carbocycles. The van der Waals surface area contributed by atoms with Crippen LogP contribution in [-0.4, -0.2) is 28.4 Å². The van der Waals surface area contributed by atoms with Gasteiger partial charge in [0.2, 0.25) is 0 Å². The molecule has 2 aromatic heterocycles. The van der Waals surface area contributed by atoms with Gasteiger partial charge in [-0.1, -0.05) is 0 Å². The molecular formula is C6H6N4O2S. The number of hydrogen-bond donors (Lipinski definition) is 2. The van der Waals surface area contributed by atoms with Gasteiger partial charge in [-0.3, -0.25) is 0 Å². The first-order valence-corrected chi connectivity index (χ1v) is 4.89. The highest BCUT2D eigenvalue weighted by Crippen LogP contribution is 2.03. The van der Waals surface area contributed by atoms with E-state index in [1.165, 1.54) is 12.5 Å². The summed E-state index contributed by atoms with van der Waals surface area (Å²) in [6, 6.07) is 0. The fourth-order valence-corrected chi connectivity index (χ4v) is 1.35. The second kappa shape index (κ2) is 3.09. The molecule has 0 saturated carbocycles. The molecule has 0 spiro atoms. The van der Waals surface area contributed by atoms with Gasteiger partial charge in [0.25, 0.3) is 0 Å². The van der Waals surface area contributed by atoms with Gasteiger partial charge in [-0.25, -0.2) is 23.4 Å². The summed E-state index contributed by atoms with van der Waals surface area (Å²) in [5.41, 5.74) is 1.19. The Balaban J connectivity index is 2.48. The van der Waals surface area contributed by atoms with E-state index in [1.807, 2.05) is 0 Å². The Kier molecular flexibility index (Phi) is 1.93. The van der Waals surface area contributed by atoms with E-state index in [0.29, 0.717) is 11.2 Å². The molecule has 0 aliphatic rings. The minimum atomic E-state index is -2.48. The van der Waals surface area contributed by atoms with Crippen molar-refractivity contribution < 1.29 is 8.42 Å². The third kappa shape index (κ3) is 1.64. The second-order valence-corrected chi connectivity index (χ2v) is 3.40. The topological polar surface area (TPSA) is 88.6 Å². The van der Waals surface area contributed by atoms with Gasteiger partial charge in [0.1, 0.15) is 27.8 Å². The molecule has 6 nitrogen and oxygen atoms in total. The van der Waals surface area contributed by atoms with Gasteiger partial charge in [0.05, 0.1) is 12.5 Å². The van der Waals surface area contributed by atoms with E-state index in [1.54, 1.807) is 0 Å². The molecule has 0 bridgehead atoms. The molecule has 2 rings (SSSR count). The number of fused-ring (bicyclic) bond motifs is 1. The van der Waals surface area contributed by atoms with E-state index in [4.69, 9.17) is 0 Å². The first-order valence-electron chi connectivity index (χ1n) is 3.52. The third-order valence-electron chi connectivity index (χ3n) is 1.50. The molecule has 1 N–H and O–H groups in total. The van der Waals surface area contributed by atoms with E-state index in [9.17, 15) is 8.42 Å². The lowest BCUT2D eigenvalue weighted by molar-refractivity contribution is 0.612. The smallest absolute Gasteiger partial charge is 0.180 e. The SMILES string of the molecule is O=[SH](=O)Cc1ncc2[nH]cnc2n1. The van der Waals surface area contributed by atoms with Crippen LogP contribution in [0.4, 0.5) is 0 Å². The molecule has 0 saturated heterocycles. The Hall–Kier alpha value is -1.50. The van der Waals surface area contributed by atoms with E-state index >= 15 is 0 Å². The van der Waals surface area contributed by atoms with E-state index in [-0.39, 0.29) is 11.6 Å². The minimum Gasteiger partial charge on any atom is -0.342 e. The number of nitrogens with one attached hydrogen (secondary N) is 1. The van der Waals surface area contributed by atoms with Gasteiger partial charge in [0, 0.05) is 0 Å². The fourth-order valence-electron chi connectivity index (χ4n) is 0.963. The molecule has 0 aliphatic carbocycles. The summed E-state index contributed by atoms with van der Waals surface area (Å²) < 4.78 is 20.7. The number of rotatable bonds is 2. The molecule has 2 aromatic rings. The van der Waals surface area contributed by atoms with Crippen molar-refractivity contribution in [2.24, 2.45) is 0 Å². The van der Waals surface area contributed by atoms with E-state index in [2.05, 4.69) is 19.9 Å². The first-order chi connectivity index (χ1) is 6.25. The van der Waals surface area contributed by atoms with Crippen molar-refractivity contribution in [1.82, 2.24) is 19.9 Å². The van der Waals surface area contributed by atoms with Crippen molar-refractivity contribution in [3.63, 3.8) is 0 Å². The molecule has 0 amide bonds. The average molecular weight is 198 g/mol. The number of imidazole rings is 1. The summed E-state index contributed by atoms with van der Waals surface area (Å²) in [6.07, 6.45) is 3.00. The van der Waals surface area contributed by atoms with Gasteiger partial charge in [0.15, 0.2) is 5.65 Å². The van der Waals surface area contributed by atoms with E-state index in [0.717, 1.165) is 0 Å². The van der Waals surface area contributed by atoms with Crippen molar-refractivity contribution in [2.75, 3.05) is 0 Å². The number of aromatic amines is 1. The molecule has 0 fully saturated rings. The van der Waals surface area contributed by atoms with Crippen LogP contribution in [-0.2, 0) is 16.5 Å². The van der Waals surface area contributed by atoms with Gasteiger partial charge in [-0.15, -0.1) is 0 Å². The van der Waals surface area contributed by atoms with Crippen molar-refractivity contribution in [2.45, 2.75) is 5.75 Å². The predicted octanol–water partition coefficient (Wildman–Crippen LogP) is -0.536. The van der Waals surface area contributed by atoms with Crippen LogP contribution in [0.3, 0.4) is 0 Å². The Morgan fingerprint density at radius 2 is 2.23 bits per heavy atom. The maximum absolute atomic E-state index is 10.4. The zero-order valence-corrected chi connectivity index (χ0v) is 7.36. The Morgan fingerprint density at radius 3 is 3.00 bits per heavy atom. The normalized spacial score (nSPS) is 11.2. The van der Waals surface area contributed by atoms with Gasteiger partial charge < -0.3 is 4.98 Å². The summed E-state index contributed by atoms with van der Waals surface area (Å²) in [7, 11) is -2.48. The lowest BCUT2D eigenvalue weighted by Gasteiger charge is -1.91. The molecule has 0 radical (unpaired) electrons. The number of H-pyrrole nitrogens is 1. The molecular weight excluding hydrogens is 192 g/mol. The third-order valence-corrected chi connectivity index (χ3v) is 2.04. The minimum absolute atomic E-state index is 0.141. The zero-order chi connectivity index (χ0) is 9.26. The number of nitrogens with zero attached hydrogens (tertiary/aromatic N) is 3. The summed E-state index contributed by atoms with van der Waals surface area (Å²) in [5, 5.41) is 0. The highest BCUT2D eigenvalue weighted by molar-refractivity contribution is 7.71. The highest BCUT2D eigenvalue weighted by Gasteiger charge is 2.01. The van der Waals surface area contributed by atoms with Crippen LogP contribution in [0.1, 0.15) is 5.82 Å². The molecule has 2 heterocycles. The average Bonchev–Trinajstić information content (AvgIpc) is 2.49. The summed E-state index contributed by atoms with van der Waals surface area (Å²) in [6.45, 7) is 0. The quantitative estimate of drug-likeness (QED) is 0.633. The fraction of sp³-hybridized carbons (Fsp3) is 0.167. The molecule has 0 atom stereocenters. The van der Waals surface area contributed by atoms with Crippen molar-refractivity contribution in [3.05, 3.63) is 18.3 Å². The largest absolute Gasteiger partial charge is 0.342 e. The van der Waals surface area contributed by atoms with Crippen LogP contribution in [0.5, 0.6) is 0 Å². The monoisotopic (exact) mass is 198 g/mol. The van der Waals surface area contributed by atoms with Crippen LogP contribution in [0.2, 0.25) is 0 Å². The lowest BCUT2D eigenvalue weighted by Crippen LogP contribution is -1.95. The highest BCUT2D eigenvalue weighted by atomic mass is 32.2. The van der Waals surface area contributed by atoms with Crippen molar-refractivity contribution in [1.29, 1.82) is 0 Å². The summed E-state index contributed by atoms with van der Waals surface area (Å²) in [5.74, 6) is 0.133. The Bertz CT molecular complexity index is 496. The second-order valence-electron chi connectivity index (χ2n) is 2.42. The number of thiol groups is 1. The van der Waals surface area contributed by atoms with Gasteiger partial charge in [-0.2, -0.15) is 0 Å². The summed E-state index contributed by atoms with van der Waals surface area (Å²) in [4.78, 5) is 14.5. The van der Waals surface area contributed by atoms with E-state index < -0.39 is 10.7 Å². The molecule has 0 aliphatic heterocycles. The maximum atomic E-state index is 10.4. The number of hydrogen-bond acceptors (Lipinski definition) is 5. The van der Waals surface area contributed by atoms with Crippen LogP contribution < -0.4 is 0 Å². The lowest BCUT2D eigenvalue weighted by atomic mass is 10.5. The molecule has 7 heteroatoms. The zero-order valence-electron chi connectivity index (χ0n) is 6.47. The predicted molar refractivity (Wildman–Crippen MR) is 45.7 cm³/mol. The summed E-state index contributed by atoms with van der Waals surface area (Å²) >= 11 is 0. The van der Waals surface area contributed by atoms with Crippen LogP contribution in [0, 0.1) is 0 Å². The van der Waals surface area contributed by atoms with Crippen LogP contribution in [0.25, 0.3) is 11.2 Å². The maximum Gasteiger partial charge on any atom is 0.180 e. The van der Waals surface area contributed by atoms with Gasteiger partial charge >= 0.3 is 0 Å². The molecule has 13 heavy (non-hydrogen) atoms. The van der Waals surface area contributed by atoms with Crippen molar-refractivity contribution >= 4 is 21.9 Å². The van der Waals surface area contributed by atoms with Gasteiger partial charge in [-0.05, 0) is 0 Å². The molecule has 68 valence electrons. The standard InChI is InChI=1S/C6H6N4O2S/c11-13(12)2-5-7-1-4-6(10-5)9-3-8-4/h1,3,13H,2H2,(H,7,8,9,10). The number of aromatic nitrogens is 4.